The van der Waals surface area contributed by atoms with Crippen LogP contribution in [0.25, 0.3) is 10.9 Å². The zero-order chi connectivity index (χ0) is 23.6. The third-order valence-corrected chi connectivity index (χ3v) is 6.85. The highest BCUT2D eigenvalue weighted by Gasteiger charge is 2.29. The van der Waals surface area contributed by atoms with Gasteiger partial charge >= 0.3 is 16.1 Å². The first-order valence-corrected chi connectivity index (χ1v) is 11.9. The number of aromatic nitrogens is 1. The van der Waals surface area contributed by atoms with E-state index < -0.39 is 16.1 Å². The molecule has 1 heterocycles. The maximum atomic E-state index is 13.4. The molecule has 0 unspecified atom stereocenters. The van der Waals surface area contributed by atoms with Gasteiger partial charge in [0.15, 0.2) is 0 Å². The normalized spacial score (nSPS) is 11.5. The number of carboxylic acid groups (broad SMARTS) is 1. The van der Waals surface area contributed by atoms with E-state index in [1.165, 1.54) is 28.8 Å². The third kappa shape index (κ3) is 4.81. The van der Waals surface area contributed by atoms with Crippen molar-refractivity contribution in [2.75, 3.05) is 5.32 Å². The van der Waals surface area contributed by atoms with Gasteiger partial charge in [-0.1, -0.05) is 48.0 Å². The van der Waals surface area contributed by atoms with Gasteiger partial charge in [0.1, 0.15) is 17.2 Å². The Morgan fingerprint density at radius 3 is 2.39 bits per heavy atom. The van der Waals surface area contributed by atoms with Gasteiger partial charge in [-0.25, -0.2) is 0 Å². The van der Waals surface area contributed by atoms with Gasteiger partial charge in [-0.2, -0.15) is 8.42 Å². The lowest BCUT2D eigenvalue weighted by atomic mass is 10.2. The molecule has 170 valence electrons. The summed E-state index contributed by atoms with van der Waals surface area (Å²) in [4.78, 5) is 11.4. The molecule has 4 rings (SSSR count). The Morgan fingerprint density at radius 2 is 1.73 bits per heavy atom. The Balaban J connectivity index is 1.85. The van der Waals surface area contributed by atoms with Crippen LogP contribution in [-0.2, 0) is 28.0 Å². The number of rotatable bonds is 8. The van der Waals surface area contributed by atoms with Gasteiger partial charge in [0.05, 0.1) is 5.52 Å². The first kappa shape index (κ1) is 22.7. The van der Waals surface area contributed by atoms with Gasteiger partial charge in [-0.15, -0.1) is 0 Å². The lowest BCUT2D eigenvalue weighted by Crippen LogP contribution is -2.14. The summed E-state index contributed by atoms with van der Waals surface area (Å²) in [5, 5.41) is 13.5. The van der Waals surface area contributed by atoms with Gasteiger partial charge in [-0.05, 0) is 48.9 Å². The summed E-state index contributed by atoms with van der Waals surface area (Å²) in [5.74, 6) is -0.979. The van der Waals surface area contributed by atoms with Crippen molar-refractivity contribution in [1.29, 1.82) is 0 Å². The SMILES string of the molecule is Cc1c(S(=O)(=O)Oc2ccc(Cl)cc2)c2c(NCc3ccccc3)cccc2n1CC(=O)O. The molecule has 0 amide bonds. The van der Waals surface area contributed by atoms with Crippen molar-refractivity contribution in [2.24, 2.45) is 0 Å². The van der Waals surface area contributed by atoms with E-state index in [0.717, 1.165) is 5.56 Å². The Bertz CT molecular complexity index is 1420. The fraction of sp³-hybridized carbons (Fsp3) is 0.125. The van der Waals surface area contributed by atoms with Crippen LogP contribution in [0.15, 0.2) is 77.7 Å². The number of fused-ring (bicyclic) bond motifs is 1. The molecule has 9 heteroatoms. The molecule has 0 saturated carbocycles. The number of nitrogens with zero attached hydrogens (tertiary/aromatic N) is 1. The molecule has 4 aromatic rings. The van der Waals surface area contributed by atoms with Crippen molar-refractivity contribution in [1.82, 2.24) is 4.57 Å². The van der Waals surface area contributed by atoms with E-state index in [4.69, 9.17) is 15.8 Å². The average Bonchev–Trinajstić information content (AvgIpc) is 3.07. The molecule has 7 nitrogen and oxygen atoms in total. The topological polar surface area (TPSA) is 97.6 Å². The standard InChI is InChI=1S/C24H21ClN2O5S/c1-16-24(33(30,31)32-19-12-10-18(25)11-13-19)23-20(26-14-17-6-3-2-4-7-17)8-5-9-21(23)27(16)15-22(28)29/h2-13,26H,14-15H2,1H3,(H,28,29). The highest BCUT2D eigenvalue weighted by atomic mass is 35.5. The van der Waals surface area contributed by atoms with Crippen molar-refractivity contribution in [3.63, 3.8) is 0 Å². The monoisotopic (exact) mass is 484 g/mol. The quantitative estimate of drug-likeness (QED) is 0.339. The van der Waals surface area contributed by atoms with Crippen molar-refractivity contribution in [2.45, 2.75) is 24.9 Å². The summed E-state index contributed by atoms with van der Waals surface area (Å²) in [7, 11) is -4.30. The van der Waals surface area contributed by atoms with Gasteiger partial charge in [0.25, 0.3) is 0 Å². The number of anilines is 1. The number of hydrogen-bond donors (Lipinski definition) is 2. The van der Waals surface area contributed by atoms with E-state index in [1.54, 1.807) is 25.1 Å². The molecule has 2 N–H and O–H groups in total. The van der Waals surface area contributed by atoms with E-state index in [2.05, 4.69) is 5.32 Å². The molecule has 0 bridgehead atoms. The Morgan fingerprint density at radius 1 is 1.03 bits per heavy atom. The number of carboxylic acids is 1. The lowest BCUT2D eigenvalue weighted by molar-refractivity contribution is -0.137. The van der Waals surface area contributed by atoms with Crippen LogP contribution in [0.1, 0.15) is 11.3 Å². The van der Waals surface area contributed by atoms with Crippen molar-refractivity contribution >= 4 is 44.3 Å². The van der Waals surface area contributed by atoms with E-state index in [9.17, 15) is 18.3 Å². The predicted octanol–water partition coefficient (Wildman–Crippen LogP) is 5.07. The van der Waals surface area contributed by atoms with Gasteiger partial charge in [-0.3, -0.25) is 4.79 Å². The number of carbonyl (C=O) groups is 1. The van der Waals surface area contributed by atoms with Crippen LogP contribution in [0.4, 0.5) is 5.69 Å². The summed E-state index contributed by atoms with van der Waals surface area (Å²) < 4.78 is 33.7. The Kier molecular flexibility index (Phi) is 6.31. The summed E-state index contributed by atoms with van der Waals surface area (Å²) in [6, 6.07) is 20.8. The zero-order valence-electron chi connectivity index (χ0n) is 17.7. The molecule has 0 atom stereocenters. The van der Waals surface area contributed by atoms with Crippen LogP contribution in [0.2, 0.25) is 5.02 Å². The second kappa shape index (κ2) is 9.17. The van der Waals surface area contributed by atoms with Crippen LogP contribution >= 0.6 is 11.6 Å². The molecule has 0 fully saturated rings. The second-order valence-corrected chi connectivity index (χ2v) is 9.34. The minimum atomic E-state index is -4.30. The number of benzene rings is 3. The summed E-state index contributed by atoms with van der Waals surface area (Å²) in [6.07, 6.45) is 0. The van der Waals surface area contributed by atoms with E-state index in [-0.39, 0.29) is 22.9 Å². The predicted molar refractivity (Wildman–Crippen MR) is 127 cm³/mol. The first-order chi connectivity index (χ1) is 15.8. The second-order valence-electron chi connectivity index (χ2n) is 7.42. The average molecular weight is 485 g/mol. The minimum absolute atomic E-state index is 0.0788. The Hall–Kier alpha value is -3.49. The summed E-state index contributed by atoms with van der Waals surface area (Å²) in [6.45, 7) is 1.64. The molecule has 0 spiro atoms. The van der Waals surface area contributed by atoms with Crippen LogP contribution < -0.4 is 9.50 Å². The van der Waals surface area contributed by atoms with Crippen LogP contribution in [-0.4, -0.2) is 24.1 Å². The van der Waals surface area contributed by atoms with Gasteiger partial charge in [0, 0.05) is 28.3 Å². The molecule has 0 saturated heterocycles. The van der Waals surface area contributed by atoms with Crippen molar-refractivity contribution in [3.05, 3.63) is 89.1 Å². The Labute approximate surface area is 196 Å². The molecule has 0 aliphatic rings. The van der Waals surface area contributed by atoms with Crippen molar-refractivity contribution in [3.8, 4) is 5.75 Å². The number of aliphatic carboxylic acids is 1. The number of halogens is 1. The van der Waals surface area contributed by atoms with E-state index in [1.807, 2.05) is 30.3 Å². The summed E-state index contributed by atoms with van der Waals surface area (Å²) >= 11 is 5.89. The highest BCUT2D eigenvalue weighted by Crippen LogP contribution is 2.37. The third-order valence-electron chi connectivity index (χ3n) is 5.18. The molecule has 0 aliphatic heterocycles. The van der Waals surface area contributed by atoms with Crippen LogP contribution in [0, 0.1) is 6.92 Å². The fourth-order valence-corrected chi connectivity index (χ4v) is 5.24. The molecule has 33 heavy (non-hydrogen) atoms. The smallest absolute Gasteiger partial charge is 0.341 e. The molecular formula is C24H21ClN2O5S. The van der Waals surface area contributed by atoms with Gasteiger partial charge in [0.2, 0.25) is 0 Å². The lowest BCUT2D eigenvalue weighted by Gasteiger charge is -2.11. The fourth-order valence-electron chi connectivity index (χ4n) is 3.73. The largest absolute Gasteiger partial charge is 0.480 e. The number of nitrogens with one attached hydrogen (secondary N) is 1. The molecular weight excluding hydrogens is 464 g/mol. The summed E-state index contributed by atoms with van der Waals surface area (Å²) in [5.41, 5.74) is 2.32. The highest BCUT2D eigenvalue weighted by molar-refractivity contribution is 7.87. The first-order valence-electron chi connectivity index (χ1n) is 10.1. The maximum absolute atomic E-state index is 13.4. The molecule has 3 aromatic carbocycles. The van der Waals surface area contributed by atoms with Gasteiger partial charge < -0.3 is 19.2 Å². The van der Waals surface area contributed by atoms with E-state index in [0.29, 0.717) is 28.2 Å². The zero-order valence-corrected chi connectivity index (χ0v) is 19.2. The maximum Gasteiger partial charge on any atom is 0.341 e. The number of hydrogen-bond acceptors (Lipinski definition) is 5. The molecule has 0 aliphatic carbocycles. The van der Waals surface area contributed by atoms with Crippen LogP contribution in [0.5, 0.6) is 5.75 Å². The van der Waals surface area contributed by atoms with Crippen molar-refractivity contribution < 1.29 is 22.5 Å². The minimum Gasteiger partial charge on any atom is -0.480 e. The van der Waals surface area contributed by atoms with E-state index >= 15 is 0 Å². The molecule has 0 radical (unpaired) electrons. The van der Waals surface area contributed by atoms with Crippen LogP contribution in [0.3, 0.4) is 0 Å². The molecule has 1 aromatic heterocycles.